The first-order chi connectivity index (χ1) is 8.95. The average molecular weight is 393 g/mol. The molecule has 0 aliphatic rings. The molecule has 0 heterocycles. The minimum absolute atomic E-state index is 0.239. The van der Waals surface area contributed by atoms with E-state index in [1.165, 1.54) is 0 Å². The van der Waals surface area contributed by atoms with Gasteiger partial charge in [0.25, 0.3) is 0 Å². The van der Waals surface area contributed by atoms with Crippen molar-refractivity contribution < 1.29 is 9.53 Å². The minimum Gasteiger partial charge on any atom is -0.465 e. The number of benzene rings is 1. The highest BCUT2D eigenvalue weighted by Gasteiger charge is 2.22. The maximum atomic E-state index is 12.0. The van der Waals surface area contributed by atoms with Crippen LogP contribution in [0.5, 0.6) is 0 Å². The van der Waals surface area contributed by atoms with Gasteiger partial charge in [-0.3, -0.25) is 0 Å². The largest absolute Gasteiger partial charge is 0.465 e. The molecule has 106 valence electrons. The molecule has 0 saturated carbocycles. The molecule has 3 nitrogen and oxygen atoms in total. The number of hydrogen-bond donors (Lipinski definition) is 1. The smallest absolute Gasteiger partial charge is 0.327 e. The Bertz CT molecular complexity index is 435. The molecule has 1 unspecified atom stereocenters. The van der Waals surface area contributed by atoms with Crippen LogP contribution >= 0.6 is 31.9 Å². The summed E-state index contributed by atoms with van der Waals surface area (Å²) in [4.78, 5) is 12.0. The maximum absolute atomic E-state index is 12.0. The summed E-state index contributed by atoms with van der Waals surface area (Å²) in [5.74, 6) is 0.230. The van der Waals surface area contributed by atoms with Crippen LogP contribution in [0.15, 0.2) is 27.1 Å². The molecule has 1 aromatic carbocycles. The highest BCUT2D eigenvalue weighted by Crippen LogP contribution is 2.27. The number of halogens is 2. The topological polar surface area (TPSA) is 38.3 Å². The fourth-order valence-electron chi connectivity index (χ4n) is 1.61. The van der Waals surface area contributed by atoms with Crippen LogP contribution in [0.3, 0.4) is 0 Å². The van der Waals surface area contributed by atoms with Crippen LogP contribution in [0.25, 0.3) is 0 Å². The Balaban J connectivity index is 2.93. The fourth-order valence-corrected chi connectivity index (χ4v) is 2.25. The Hall–Kier alpha value is -0.390. The molecule has 1 atom stereocenters. The van der Waals surface area contributed by atoms with Crippen molar-refractivity contribution in [3.05, 3.63) is 32.7 Å². The molecule has 0 amide bonds. The van der Waals surface area contributed by atoms with Crippen LogP contribution in [0.1, 0.15) is 32.4 Å². The Labute approximate surface area is 131 Å². The first-order valence-corrected chi connectivity index (χ1v) is 7.89. The van der Waals surface area contributed by atoms with Gasteiger partial charge in [0.05, 0.1) is 6.61 Å². The number of carbonyl (C=O) groups is 1. The number of carbonyl (C=O) groups excluding carboxylic acids is 1. The number of nitrogens with one attached hydrogen (secondary N) is 1. The number of rotatable bonds is 6. The van der Waals surface area contributed by atoms with E-state index in [1.807, 2.05) is 25.1 Å². The Morgan fingerprint density at radius 3 is 2.53 bits per heavy atom. The molecule has 0 radical (unpaired) electrons. The van der Waals surface area contributed by atoms with Gasteiger partial charge in [-0.15, -0.1) is 0 Å². The third-order valence-corrected chi connectivity index (χ3v) is 4.41. The van der Waals surface area contributed by atoms with E-state index in [1.54, 1.807) is 0 Å². The predicted molar refractivity (Wildman–Crippen MR) is 84.1 cm³/mol. The zero-order valence-corrected chi connectivity index (χ0v) is 14.5. The first-order valence-electron chi connectivity index (χ1n) is 6.30. The zero-order valence-electron chi connectivity index (χ0n) is 11.4. The molecule has 19 heavy (non-hydrogen) atoms. The van der Waals surface area contributed by atoms with Crippen molar-refractivity contribution in [2.45, 2.75) is 26.8 Å². The van der Waals surface area contributed by atoms with Crippen molar-refractivity contribution in [3.8, 4) is 0 Å². The fraction of sp³-hybridized carbons (Fsp3) is 0.500. The van der Waals surface area contributed by atoms with E-state index >= 15 is 0 Å². The molecule has 0 fully saturated rings. The van der Waals surface area contributed by atoms with Gasteiger partial charge in [0.15, 0.2) is 0 Å². The van der Waals surface area contributed by atoms with Crippen molar-refractivity contribution in [3.63, 3.8) is 0 Å². The van der Waals surface area contributed by atoms with Crippen LogP contribution < -0.4 is 5.32 Å². The van der Waals surface area contributed by atoms with E-state index in [0.717, 1.165) is 21.1 Å². The summed E-state index contributed by atoms with van der Waals surface area (Å²) in [6.07, 6.45) is 0. The molecule has 1 aromatic rings. The lowest BCUT2D eigenvalue weighted by Gasteiger charge is -2.19. The van der Waals surface area contributed by atoms with Crippen molar-refractivity contribution in [2.24, 2.45) is 5.92 Å². The summed E-state index contributed by atoms with van der Waals surface area (Å²) >= 11 is 6.88. The highest BCUT2D eigenvalue weighted by molar-refractivity contribution is 9.13. The van der Waals surface area contributed by atoms with Crippen LogP contribution in [-0.4, -0.2) is 19.1 Å². The Morgan fingerprint density at radius 1 is 1.32 bits per heavy atom. The van der Waals surface area contributed by atoms with Crippen LogP contribution in [0.2, 0.25) is 0 Å². The molecule has 1 rings (SSSR count). The van der Waals surface area contributed by atoms with Gasteiger partial charge in [-0.2, -0.15) is 0 Å². The second-order valence-electron chi connectivity index (χ2n) is 4.66. The number of hydrogen-bond acceptors (Lipinski definition) is 3. The lowest BCUT2D eigenvalue weighted by atomic mass is 10.1. The lowest BCUT2D eigenvalue weighted by molar-refractivity contribution is -0.145. The third-order valence-electron chi connectivity index (χ3n) is 2.53. The second kappa shape index (κ2) is 8.02. The van der Waals surface area contributed by atoms with Crippen LogP contribution in [-0.2, 0) is 9.53 Å². The normalized spacial score (nSPS) is 12.5. The van der Waals surface area contributed by atoms with Gasteiger partial charge in [0.1, 0.15) is 6.04 Å². The second-order valence-corrected chi connectivity index (χ2v) is 6.37. The lowest BCUT2D eigenvalue weighted by Crippen LogP contribution is -2.32. The van der Waals surface area contributed by atoms with Gasteiger partial charge in [-0.25, -0.2) is 4.79 Å². The predicted octanol–water partition coefficient (Wildman–Crippen LogP) is 4.06. The van der Waals surface area contributed by atoms with E-state index in [0.29, 0.717) is 12.5 Å². The molecule has 0 aliphatic heterocycles. The monoisotopic (exact) mass is 391 g/mol. The van der Waals surface area contributed by atoms with E-state index in [9.17, 15) is 4.79 Å². The van der Waals surface area contributed by atoms with Crippen molar-refractivity contribution >= 4 is 37.8 Å². The number of ether oxygens (including phenoxy) is 1. The highest BCUT2D eigenvalue weighted by atomic mass is 79.9. The molecular formula is C14H19Br2NO2. The van der Waals surface area contributed by atoms with Gasteiger partial charge in [0.2, 0.25) is 0 Å². The minimum atomic E-state index is -0.424. The molecule has 0 aromatic heterocycles. The van der Waals surface area contributed by atoms with Gasteiger partial charge < -0.3 is 10.1 Å². The zero-order chi connectivity index (χ0) is 14.4. The molecule has 5 heteroatoms. The SMILES string of the molecule is CCOC(=O)C(NCC(C)C)c1ccc(Br)c(Br)c1. The van der Waals surface area contributed by atoms with E-state index in [4.69, 9.17) is 4.74 Å². The van der Waals surface area contributed by atoms with Crippen molar-refractivity contribution in [1.82, 2.24) is 5.32 Å². The molecule has 0 spiro atoms. The van der Waals surface area contributed by atoms with Gasteiger partial charge in [-0.1, -0.05) is 19.9 Å². The standard InChI is InChI=1S/C14H19Br2NO2/c1-4-19-14(18)13(17-8-9(2)3)10-5-6-11(15)12(16)7-10/h5-7,9,13,17H,4,8H2,1-3H3. The molecular weight excluding hydrogens is 374 g/mol. The van der Waals surface area contributed by atoms with Gasteiger partial charge in [-0.05, 0) is 68.9 Å². The van der Waals surface area contributed by atoms with Crippen molar-refractivity contribution in [2.75, 3.05) is 13.2 Å². The summed E-state index contributed by atoms with van der Waals surface area (Å²) in [6.45, 7) is 7.17. The molecule has 1 N–H and O–H groups in total. The Morgan fingerprint density at radius 2 is 2.00 bits per heavy atom. The third kappa shape index (κ3) is 5.24. The van der Waals surface area contributed by atoms with E-state index in [2.05, 4.69) is 51.0 Å². The Kier molecular flexibility index (Phi) is 7.04. The summed E-state index contributed by atoms with van der Waals surface area (Å²) in [7, 11) is 0. The summed E-state index contributed by atoms with van der Waals surface area (Å²) in [5.41, 5.74) is 0.897. The van der Waals surface area contributed by atoms with Crippen molar-refractivity contribution in [1.29, 1.82) is 0 Å². The summed E-state index contributed by atoms with van der Waals surface area (Å²) in [5, 5.41) is 3.26. The quantitative estimate of drug-likeness (QED) is 0.741. The van der Waals surface area contributed by atoms with E-state index < -0.39 is 6.04 Å². The van der Waals surface area contributed by atoms with Crippen LogP contribution in [0, 0.1) is 5.92 Å². The summed E-state index contributed by atoms with van der Waals surface area (Å²) < 4.78 is 7.02. The van der Waals surface area contributed by atoms with Gasteiger partial charge in [0, 0.05) is 8.95 Å². The maximum Gasteiger partial charge on any atom is 0.327 e. The summed E-state index contributed by atoms with van der Waals surface area (Å²) in [6, 6.07) is 5.34. The van der Waals surface area contributed by atoms with Crippen LogP contribution in [0.4, 0.5) is 0 Å². The van der Waals surface area contributed by atoms with Gasteiger partial charge >= 0.3 is 5.97 Å². The number of esters is 1. The molecule has 0 aliphatic carbocycles. The molecule has 0 bridgehead atoms. The molecule has 0 saturated heterocycles. The van der Waals surface area contributed by atoms with E-state index in [-0.39, 0.29) is 5.97 Å². The average Bonchev–Trinajstić information content (AvgIpc) is 2.33. The first kappa shape index (κ1) is 16.7.